The summed E-state index contributed by atoms with van der Waals surface area (Å²) in [7, 11) is 0. The van der Waals surface area contributed by atoms with Crippen LogP contribution in [0.4, 0.5) is 36.7 Å². The number of hydrogen-bond donors (Lipinski definition) is 1. The van der Waals surface area contributed by atoms with E-state index in [4.69, 9.17) is 0 Å². The molecule has 1 amide bonds. The Bertz CT molecular complexity index is 1110. The van der Waals surface area contributed by atoms with Crippen LogP contribution in [-0.4, -0.2) is 60.8 Å². The second kappa shape index (κ2) is 10.2. The molecule has 1 fully saturated rings. The molecule has 3 heterocycles. The molecule has 0 aromatic carbocycles. The SMILES string of the molecule is C=C(F)/C(F)=C\C=C(/Cn1nccn1)C(=O)N1CCC(F)(F)[C@H]1CNc1ncc(C(F)(F)F)cn1. The van der Waals surface area contributed by atoms with Gasteiger partial charge in [0, 0.05) is 37.5 Å². The highest BCUT2D eigenvalue weighted by Crippen LogP contribution is 2.35. The minimum atomic E-state index is -4.67. The molecule has 1 aliphatic heterocycles. The summed E-state index contributed by atoms with van der Waals surface area (Å²) in [6.07, 6.45) is -0.272. The monoisotopic (exact) mass is 505 g/mol. The van der Waals surface area contributed by atoms with E-state index in [1.54, 1.807) is 0 Å². The smallest absolute Gasteiger partial charge is 0.352 e. The van der Waals surface area contributed by atoms with E-state index < -0.39 is 54.2 Å². The third-order valence-corrected chi connectivity index (χ3v) is 4.99. The summed E-state index contributed by atoms with van der Waals surface area (Å²) in [5.41, 5.74) is -1.35. The maximum Gasteiger partial charge on any atom is 0.419 e. The number of halogens is 7. The number of likely N-dealkylation sites (tertiary alicyclic amines) is 1. The zero-order valence-corrected chi connectivity index (χ0v) is 17.8. The predicted octanol–water partition coefficient (Wildman–Crippen LogP) is 3.70. The van der Waals surface area contributed by atoms with Crippen LogP contribution >= 0.6 is 0 Å². The van der Waals surface area contributed by atoms with Crippen LogP contribution in [0, 0.1) is 0 Å². The van der Waals surface area contributed by atoms with Gasteiger partial charge < -0.3 is 10.2 Å². The maximum atomic E-state index is 14.6. The average Bonchev–Trinajstić information content (AvgIpc) is 3.41. The second-order valence-electron chi connectivity index (χ2n) is 7.37. The summed E-state index contributed by atoms with van der Waals surface area (Å²) in [6.45, 7) is 1.48. The van der Waals surface area contributed by atoms with E-state index in [0.29, 0.717) is 18.5 Å². The molecule has 0 bridgehead atoms. The molecule has 1 saturated heterocycles. The molecule has 35 heavy (non-hydrogen) atoms. The van der Waals surface area contributed by atoms with Crippen LogP contribution in [0.5, 0.6) is 0 Å². The van der Waals surface area contributed by atoms with Crippen molar-refractivity contribution in [2.24, 2.45) is 0 Å². The first-order chi connectivity index (χ1) is 16.4. The maximum absolute atomic E-state index is 14.6. The second-order valence-corrected chi connectivity index (χ2v) is 7.37. The number of nitrogens with zero attached hydrogens (tertiary/aromatic N) is 6. The first-order valence-corrected chi connectivity index (χ1v) is 9.95. The van der Waals surface area contributed by atoms with Crippen molar-refractivity contribution in [2.45, 2.75) is 31.1 Å². The highest BCUT2D eigenvalue weighted by Gasteiger charge is 2.51. The Balaban J connectivity index is 1.81. The Hall–Kier alpha value is -3.78. The fourth-order valence-electron chi connectivity index (χ4n) is 3.19. The minimum Gasteiger partial charge on any atom is -0.352 e. The van der Waals surface area contributed by atoms with E-state index in [1.165, 1.54) is 12.4 Å². The summed E-state index contributed by atoms with van der Waals surface area (Å²) >= 11 is 0. The zero-order valence-electron chi connectivity index (χ0n) is 17.8. The van der Waals surface area contributed by atoms with E-state index in [2.05, 4.69) is 32.1 Å². The van der Waals surface area contributed by atoms with Gasteiger partial charge in [0.1, 0.15) is 6.04 Å². The Labute approximate surface area is 193 Å². The molecular formula is C20H18F7N7O. The van der Waals surface area contributed by atoms with Crippen molar-refractivity contribution >= 4 is 11.9 Å². The van der Waals surface area contributed by atoms with E-state index in [1.807, 2.05) is 0 Å². The number of allylic oxidation sites excluding steroid dienone is 4. The van der Waals surface area contributed by atoms with Gasteiger partial charge in [-0.3, -0.25) is 4.79 Å². The number of carbonyl (C=O) groups is 1. The molecule has 1 atom stereocenters. The van der Waals surface area contributed by atoms with Crippen molar-refractivity contribution < 1.29 is 35.5 Å². The molecule has 0 unspecified atom stereocenters. The molecule has 0 saturated carbocycles. The van der Waals surface area contributed by atoms with Gasteiger partial charge in [-0.1, -0.05) is 6.58 Å². The lowest BCUT2D eigenvalue weighted by atomic mass is 10.1. The van der Waals surface area contributed by atoms with Gasteiger partial charge in [-0.15, -0.1) is 0 Å². The summed E-state index contributed by atoms with van der Waals surface area (Å²) < 4.78 is 93.7. The van der Waals surface area contributed by atoms with E-state index in [9.17, 15) is 35.5 Å². The fourth-order valence-corrected chi connectivity index (χ4v) is 3.19. The Kier molecular flexibility index (Phi) is 7.55. The quantitative estimate of drug-likeness (QED) is 0.335. The van der Waals surface area contributed by atoms with E-state index >= 15 is 0 Å². The first-order valence-electron chi connectivity index (χ1n) is 9.95. The summed E-state index contributed by atoms with van der Waals surface area (Å²) in [5.74, 6) is -7.40. The van der Waals surface area contributed by atoms with E-state index in [0.717, 1.165) is 15.8 Å². The molecule has 1 aliphatic rings. The molecule has 3 rings (SSSR count). The number of hydrogen-bond acceptors (Lipinski definition) is 6. The van der Waals surface area contributed by atoms with Gasteiger partial charge in [0.2, 0.25) is 5.95 Å². The molecule has 0 aliphatic carbocycles. The normalized spacial score (nSPS) is 18.6. The van der Waals surface area contributed by atoms with Crippen molar-refractivity contribution in [1.29, 1.82) is 0 Å². The zero-order chi connectivity index (χ0) is 25.8. The van der Waals surface area contributed by atoms with Crippen LogP contribution in [-0.2, 0) is 17.5 Å². The predicted molar refractivity (Wildman–Crippen MR) is 108 cm³/mol. The molecule has 15 heteroatoms. The number of anilines is 1. The van der Waals surface area contributed by atoms with Crippen molar-refractivity contribution in [2.75, 3.05) is 18.4 Å². The summed E-state index contributed by atoms with van der Waals surface area (Å²) in [6, 6.07) is -1.74. The molecule has 0 radical (unpaired) electrons. The highest BCUT2D eigenvalue weighted by atomic mass is 19.4. The lowest BCUT2D eigenvalue weighted by molar-refractivity contribution is -0.138. The van der Waals surface area contributed by atoms with Crippen molar-refractivity contribution in [3.8, 4) is 0 Å². The number of carbonyl (C=O) groups excluding carboxylic acids is 1. The van der Waals surface area contributed by atoms with Crippen molar-refractivity contribution in [3.05, 3.63) is 66.3 Å². The van der Waals surface area contributed by atoms with Crippen LogP contribution in [0.3, 0.4) is 0 Å². The third kappa shape index (κ3) is 6.42. The number of rotatable bonds is 8. The largest absolute Gasteiger partial charge is 0.419 e. The summed E-state index contributed by atoms with van der Waals surface area (Å²) in [4.78, 5) is 21.9. The van der Waals surface area contributed by atoms with Crippen LogP contribution in [0.1, 0.15) is 12.0 Å². The topological polar surface area (TPSA) is 88.8 Å². The highest BCUT2D eigenvalue weighted by molar-refractivity contribution is 5.94. The van der Waals surface area contributed by atoms with Crippen LogP contribution in [0.2, 0.25) is 0 Å². The lowest BCUT2D eigenvalue weighted by Gasteiger charge is -2.28. The van der Waals surface area contributed by atoms with Crippen molar-refractivity contribution in [1.82, 2.24) is 29.9 Å². The van der Waals surface area contributed by atoms with Crippen LogP contribution in [0.15, 0.2) is 60.7 Å². The molecule has 188 valence electrons. The number of amides is 1. The van der Waals surface area contributed by atoms with Gasteiger partial charge >= 0.3 is 6.18 Å². The standard InChI is InChI=1S/C20H18F7N7O/c1-12(21)15(22)3-2-13(11-34-31-5-6-32-34)17(35)33-7-4-19(23,24)16(33)10-30-18-28-8-14(9-29-18)20(25,26)27/h2-3,5-6,8-9,16H,1,4,7,10-11H2,(H,28,29,30)/b13-2+,15-3+/t16-/m1/s1. The molecule has 8 nitrogen and oxygen atoms in total. The Morgan fingerprint density at radius 2 is 1.80 bits per heavy atom. The minimum absolute atomic E-state index is 0.230. The number of nitrogens with one attached hydrogen (secondary N) is 1. The van der Waals surface area contributed by atoms with Crippen LogP contribution in [0.25, 0.3) is 0 Å². The first kappa shape index (κ1) is 25.8. The molecule has 2 aromatic rings. The third-order valence-electron chi connectivity index (χ3n) is 4.99. The Morgan fingerprint density at radius 1 is 1.17 bits per heavy atom. The van der Waals surface area contributed by atoms with E-state index in [-0.39, 0.29) is 24.6 Å². The van der Waals surface area contributed by atoms with Gasteiger partial charge in [-0.05, 0) is 12.2 Å². The van der Waals surface area contributed by atoms with Gasteiger partial charge in [0.15, 0.2) is 11.7 Å². The van der Waals surface area contributed by atoms with Gasteiger partial charge in [-0.2, -0.15) is 28.2 Å². The van der Waals surface area contributed by atoms with Gasteiger partial charge in [0.05, 0.1) is 24.5 Å². The number of aromatic nitrogens is 5. The molecule has 1 N–H and O–H groups in total. The van der Waals surface area contributed by atoms with Crippen molar-refractivity contribution in [3.63, 3.8) is 0 Å². The average molecular weight is 505 g/mol. The Morgan fingerprint density at radius 3 is 2.37 bits per heavy atom. The fraction of sp³-hybridized carbons (Fsp3) is 0.350. The van der Waals surface area contributed by atoms with Crippen LogP contribution < -0.4 is 5.32 Å². The molecule has 2 aromatic heterocycles. The lowest BCUT2D eigenvalue weighted by Crippen LogP contribution is -2.47. The number of alkyl halides is 5. The summed E-state index contributed by atoms with van der Waals surface area (Å²) in [5, 5.41) is 10.0. The molecule has 0 spiro atoms. The molecular weight excluding hydrogens is 487 g/mol. The van der Waals surface area contributed by atoms with Gasteiger partial charge in [0.25, 0.3) is 11.8 Å². The van der Waals surface area contributed by atoms with Gasteiger partial charge in [-0.25, -0.2) is 27.5 Å².